The molecular formula is C13H21N3O4S. The van der Waals surface area contributed by atoms with E-state index in [-0.39, 0.29) is 24.1 Å². The van der Waals surface area contributed by atoms with Gasteiger partial charge >= 0.3 is 0 Å². The fourth-order valence-corrected chi connectivity index (χ4v) is 4.10. The molecule has 0 aliphatic carbocycles. The molecule has 1 aromatic heterocycles. The molecule has 8 heteroatoms. The Balaban J connectivity index is 1.95. The van der Waals surface area contributed by atoms with Gasteiger partial charge < -0.3 is 9.84 Å². The SMILES string of the molecule is CCCCS(=O)(=O)N1CCC[C@@H](C(=O)Nc2ccon2)C1. The number of hydrogen-bond donors (Lipinski definition) is 1. The highest BCUT2D eigenvalue weighted by Gasteiger charge is 2.32. The molecule has 0 radical (unpaired) electrons. The van der Waals surface area contributed by atoms with E-state index in [4.69, 9.17) is 0 Å². The van der Waals surface area contributed by atoms with Crippen LogP contribution in [0.2, 0.25) is 0 Å². The molecule has 1 amide bonds. The van der Waals surface area contributed by atoms with E-state index in [1.54, 1.807) is 6.07 Å². The van der Waals surface area contributed by atoms with Crippen LogP contribution in [0.3, 0.4) is 0 Å². The zero-order chi connectivity index (χ0) is 15.3. The molecular weight excluding hydrogens is 294 g/mol. The van der Waals surface area contributed by atoms with Crippen LogP contribution in [-0.2, 0) is 14.8 Å². The molecule has 1 N–H and O–H groups in total. The second-order valence-electron chi connectivity index (χ2n) is 5.24. The minimum Gasteiger partial charge on any atom is -0.363 e. The molecule has 0 spiro atoms. The van der Waals surface area contributed by atoms with Crippen molar-refractivity contribution < 1.29 is 17.7 Å². The quantitative estimate of drug-likeness (QED) is 0.858. The first-order chi connectivity index (χ1) is 10.0. The number of sulfonamides is 1. The van der Waals surface area contributed by atoms with Gasteiger partial charge in [0.2, 0.25) is 15.9 Å². The van der Waals surface area contributed by atoms with Crippen LogP contribution < -0.4 is 5.32 Å². The third-order valence-corrected chi connectivity index (χ3v) is 5.52. The van der Waals surface area contributed by atoms with Crippen molar-refractivity contribution in [3.05, 3.63) is 12.3 Å². The lowest BCUT2D eigenvalue weighted by Crippen LogP contribution is -2.44. The lowest BCUT2D eigenvalue weighted by Gasteiger charge is -2.31. The number of amides is 1. The predicted molar refractivity (Wildman–Crippen MR) is 78.1 cm³/mol. The number of rotatable bonds is 6. The van der Waals surface area contributed by atoms with Crippen LogP contribution in [0.25, 0.3) is 0 Å². The monoisotopic (exact) mass is 315 g/mol. The summed E-state index contributed by atoms with van der Waals surface area (Å²) in [6, 6.07) is 1.55. The number of carbonyl (C=O) groups excluding carboxylic acids is 1. The van der Waals surface area contributed by atoms with Gasteiger partial charge in [-0.3, -0.25) is 4.79 Å². The number of piperidine rings is 1. The summed E-state index contributed by atoms with van der Waals surface area (Å²) in [6.45, 7) is 2.70. The largest absolute Gasteiger partial charge is 0.363 e. The highest BCUT2D eigenvalue weighted by molar-refractivity contribution is 7.89. The van der Waals surface area contributed by atoms with Gasteiger partial charge in [-0.25, -0.2) is 12.7 Å². The van der Waals surface area contributed by atoms with Gasteiger partial charge in [0.1, 0.15) is 6.26 Å². The smallest absolute Gasteiger partial charge is 0.230 e. The number of hydrogen-bond acceptors (Lipinski definition) is 5. The summed E-state index contributed by atoms with van der Waals surface area (Å²) in [5, 5.41) is 6.26. The van der Waals surface area contributed by atoms with E-state index in [0.29, 0.717) is 31.6 Å². The zero-order valence-electron chi connectivity index (χ0n) is 12.1. The van der Waals surface area contributed by atoms with E-state index in [9.17, 15) is 13.2 Å². The first kappa shape index (κ1) is 16.0. The van der Waals surface area contributed by atoms with Crippen molar-refractivity contribution in [3.8, 4) is 0 Å². The molecule has 1 atom stereocenters. The molecule has 2 rings (SSSR count). The topological polar surface area (TPSA) is 92.5 Å². The summed E-state index contributed by atoms with van der Waals surface area (Å²) >= 11 is 0. The Morgan fingerprint density at radius 1 is 1.57 bits per heavy atom. The lowest BCUT2D eigenvalue weighted by atomic mass is 9.99. The van der Waals surface area contributed by atoms with E-state index in [2.05, 4.69) is 15.0 Å². The highest BCUT2D eigenvalue weighted by Crippen LogP contribution is 2.21. The molecule has 0 aromatic carbocycles. The minimum atomic E-state index is -3.25. The van der Waals surface area contributed by atoms with Gasteiger partial charge in [-0.2, -0.15) is 0 Å². The Labute approximate surface area is 124 Å². The third kappa shape index (κ3) is 4.28. The van der Waals surface area contributed by atoms with Crippen LogP contribution >= 0.6 is 0 Å². The first-order valence-corrected chi connectivity index (χ1v) is 8.83. The average Bonchev–Trinajstić information content (AvgIpc) is 2.98. The fourth-order valence-electron chi connectivity index (χ4n) is 2.37. The van der Waals surface area contributed by atoms with Crippen LogP contribution in [0.15, 0.2) is 16.9 Å². The molecule has 0 saturated carbocycles. The molecule has 0 bridgehead atoms. The van der Waals surface area contributed by atoms with Gasteiger partial charge in [-0.15, -0.1) is 0 Å². The van der Waals surface area contributed by atoms with Gasteiger partial charge in [0.05, 0.1) is 11.7 Å². The summed E-state index contributed by atoms with van der Waals surface area (Å²) < 4.78 is 30.5. The van der Waals surface area contributed by atoms with Gasteiger partial charge in [0.15, 0.2) is 5.82 Å². The number of anilines is 1. The first-order valence-electron chi connectivity index (χ1n) is 7.22. The molecule has 1 fully saturated rings. The summed E-state index contributed by atoms with van der Waals surface area (Å²) in [7, 11) is -3.25. The van der Waals surface area contributed by atoms with Crippen molar-refractivity contribution in [1.82, 2.24) is 9.46 Å². The van der Waals surface area contributed by atoms with Crippen molar-refractivity contribution in [2.75, 3.05) is 24.2 Å². The normalized spacial score (nSPS) is 20.3. The maximum absolute atomic E-state index is 12.2. The second-order valence-corrected chi connectivity index (χ2v) is 7.33. The van der Waals surface area contributed by atoms with Crippen molar-refractivity contribution in [2.45, 2.75) is 32.6 Å². The van der Waals surface area contributed by atoms with E-state index in [0.717, 1.165) is 6.42 Å². The van der Waals surface area contributed by atoms with Crippen molar-refractivity contribution in [1.29, 1.82) is 0 Å². The molecule has 1 aliphatic heterocycles. The van der Waals surface area contributed by atoms with E-state index in [1.807, 2.05) is 6.92 Å². The Bertz CT molecular complexity index is 556. The summed E-state index contributed by atoms with van der Waals surface area (Å²) in [4.78, 5) is 12.1. The molecule has 2 heterocycles. The Morgan fingerprint density at radius 3 is 3.05 bits per heavy atom. The van der Waals surface area contributed by atoms with E-state index in [1.165, 1.54) is 10.6 Å². The summed E-state index contributed by atoms with van der Waals surface area (Å²) in [6.07, 6.45) is 4.24. The van der Waals surface area contributed by atoms with Crippen molar-refractivity contribution >= 4 is 21.7 Å². The minimum absolute atomic E-state index is 0.154. The van der Waals surface area contributed by atoms with Crippen molar-refractivity contribution in [2.24, 2.45) is 5.92 Å². The zero-order valence-corrected chi connectivity index (χ0v) is 12.9. The van der Waals surface area contributed by atoms with E-state index < -0.39 is 10.0 Å². The molecule has 1 saturated heterocycles. The molecule has 1 aromatic rings. The standard InChI is InChI=1S/C13H21N3O4S/c1-2-3-9-21(18,19)16-7-4-5-11(10-16)13(17)14-12-6-8-20-15-12/h6,8,11H,2-5,7,9-10H2,1H3,(H,14,15,17)/t11-/m1/s1. The number of nitrogens with one attached hydrogen (secondary N) is 1. The number of aromatic nitrogens is 1. The Morgan fingerprint density at radius 2 is 2.38 bits per heavy atom. The highest BCUT2D eigenvalue weighted by atomic mass is 32.2. The van der Waals surface area contributed by atoms with Gasteiger partial charge in [0, 0.05) is 19.2 Å². The lowest BCUT2D eigenvalue weighted by molar-refractivity contribution is -0.120. The fraction of sp³-hybridized carbons (Fsp3) is 0.692. The van der Waals surface area contributed by atoms with Gasteiger partial charge in [-0.05, 0) is 19.3 Å². The predicted octanol–water partition coefficient (Wildman–Crippen LogP) is 1.46. The average molecular weight is 315 g/mol. The maximum atomic E-state index is 12.2. The van der Waals surface area contributed by atoms with Gasteiger partial charge in [0.25, 0.3) is 0 Å². The summed E-state index contributed by atoms with van der Waals surface area (Å²) in [5.74, 6) is -0.0432. The van der Waals surface area contributed by atoms with Crippen molar-refractivity contribution in [3.63, 3.8) is 0 Å². The number of nitrogens with zero attached hydrogens (tertiary/aromatic N) is 2. The Hall–Kier alpha value is -1.41. The number of unbranched alkanes of at least 4 members (excludes halogenated alkanes) is 1. The number of carbonyl (C=O) groups is 1. The van der Waals surface area contributed by atoms with Crippen LogP contribution in [0.1, 0.15) is 32.6 Å². The molecule has 7 nitrogen and oxygen atoms in total. The van der Waals surface area contributed by atoms with Crippen LogP contribution in [0.5, 0.6) is 0 Å². The molecule has 0 unspecified atom stereocenters. The van der Waals surface area contributed by atoms with Crippen LogP contribution in [0.4, 0.5) is 5.82 Å². The molecule has 118 valence electrons. The van der Waals surface area contributed by atoms with E-state index >= 15 is 0 Å². The van der Waals surface area contributed by atoms with Gasteiger partial charge in [-0.1, -0.05) is 18.5 Å². The summed E-state index contributed by atoms with van der Waals surface area (Å²) in [5.41, 5.74) is 0. The molecule has 1 aliphatic rings. The maximum Gasteiger partial charge on any atom is 0.230 e. The third-order valence-electron chi connectivity index (χ3n) is 3.59. The van der Waals surface area contributed by atoms with Crippen LogP contribution in [0, 0.1) is 5.92 Å². The Kier molecular flexibility index (Phi) is 5.35. The van der Waals surface area contributed by atoms with Crippen LogP contribution in [-0.4, -0.2) is 42.6 Å². The molecule has 21 heavy (non-hydrogen) atoms. The second kappa shape index (κ2) is 7.04.